The zero-order valence-corrected chi connectivity index (χ0v) is 12.6. The Morgan fingerprint density at radius 1 is 1.22 bits per heavy atom. The standard InChI is InChI=1S/C15H26N2O/c1-11-9-12(2)14(15(18-6)13(11)3)10-17(5)8-7-16-4/h9,16H,7-8,10H2,1-6H3. The summed E-state index contributed by atoms with van der Waals surface area (Å²) in [5, 5.41) is 3.18. The number of aryl methyl sites for hydroxylation is 2. The van der Waals surface area contributed by atoms with E-state index in [1.54, 1.807) is 7.11 Å². The van der Waals surface area contributed by atoms with Crippen molar-refractivity contribution >= 4 is 0 Å². The maximum atomic E-state index is 5.60. The van der Waals surface area contributed by atoms with Gasteiger partial charge in [0.05, 0.1) is 7.11 Å². The predicted molar refractivity (Wildman–Crippen MR) is 77.5 cm³/mol. The Labute approximate surface area is 111 Å². The molecule has 0 unspecified atom stereocenters. The van der Waals surface area contributed by atoms with Gasteiger partial charge in [0.25, 0.3) is 0 Å². The van der Waals surface area contributed by atoms with Crippen molar-refractivity contribution in [1.29, 1.82) is 0 Å². The van der Waals surface area contributed by atoms with Gasteiger partial charge in [-0.05, 0) is 51.6 Å². The molecule has 0 radical (unpaired) electrons. The summed E-state index contributed by atoms with van der Waals surface area (Å²) >= 11 is 0. The second-order valence-electron chi connectivity index (χ2n) is 4.99. The number of hydrogen-bond donors (Lipinski definition) is 1. The van der Waals surface area contributed by atoms with E-state index < -0.39 is 0 Å². The van der Waals surface area contributed by atoms with Crippen LogP contribution in [-0.2, 0) is 6.54 Å². The van der Waals surface area contributed by atoms with E-state index in [4.69, 9.17) is 4.74 Å². The van der Waals surface area contributed by atoms with Crippen molar-refractivity contribution < 1.29 is 4.74 Å². The Morgan fingerprint density at radius 2 is 1.89 bits per heavy atom. The first kappa shape index (κ1) is 15.0. The number of nitrogens with zero attached hydrogens (tertiary/aromatic N) is 1. The lowest BCUT2D eigenvalue weighted by molar-refractivity contribution is 0.317. The van der Waals surface area contributed by atoms with E-state index in [9.17, 15) is 0 Å². The normalized spacial score (nSPS) is 11.1. The van der Waals surface area contributed by atoms with Crippen LogP contribution in [0.3, 0.4) is 0 Å². The van der Waals surface area contributed by atoms with E-state index in [1.807, 2.05) is 7.05 Å². The zero-order chi connectivity index (χ0) is 13.7. The Kier molecular flexibility index (Phi) is 5.63. The highest BCUT2D eigenvalue weighted by molar-refractivity contribution is 5.49. The summed E-state index contributed by atoms with van der Waals surface area (Å²) in [6, 6.07) is 2.25. The predicted octanol–water partition coefficient (Wildman–Crippen LogP) is 2.27. The molecule has 0 aromatic heterocycles. The number of benzene rings is 1. The fraction of sp³-hybridized carbons (Fsp3) is 0.600. The van der Waals surface area contributed by atoms with Gasteiger partial charge in [-0.3, -0.25) is 0 Å². The van der Waals surface area contributed by atoms with Crippen LogP contribution in [0.1, 0.15) is 22.3 Å². The summed E-state index contributed by atoms with van der Waals surface area (Å²) in [5.74, 6) is 1.05. The second kappa shape index (κ2) is 6.76. The van der Waals surface area contributed by atoms with E-state index in [-0.39, 0.29) is 0 Å². The Bertz CT molecular complexity index is 402. The third kappa shape index (κ3) is 3.47. The highest BCUT2D eigenvalue weighted by atomic mass is 16.5. The number of likely N-dealkylation sites (N-methyl/N-ethyl adjacent to an activating group) is 2. The minimum Gasteiger partial charge on any atom is -0.496 e. The highest BCUT2D eigenvalue weighted by Gasteiger charge is 2.13. The third-order valence-corrected chi connectivity index (χ3v) is 3.49. The van der Waals surface area contributed by atoms with Crippen molar-refractivity contribution in [3.63, 3.8) is 0 Å². The maximum Gasteiger partial charge on any atom is 0.126 e. The van der Waals surface area contributed by atoms with Crippen LogP contribution < -0.4 is 10.1 Å². The Morgan fingerprint density at radius 3 is 2.44 bits per heavy atom. The molecule has 1 N–H and O–H groups in total. The quantitative estimate of drug-likeness (QED) is 0.838. The van der Waals surface area contributed by atoms with E-state index in [2.05, 4.69) is 44.1 Å². The topological polar surface area (TPSA) is 24.5 Å². The van der Waals surface area contributed by atoms with Crippen LogP contribution in [0.25, 0.3) is 0 Å². The van der Waals surface area contributed by atoms with Crippen molar-refractivity contribution in [3.8, 4) is 5.75 Å². The number of ether oxygens (including phenoxy) is 1. The lowest BCUT2D eigenvalue weighted by Gasteiger charge is -2.22. The monoisotopic (exact) mass is 250 g/mol. The summed E-state index contributed by atoms with van der Waals surface area (Å²) in [4.78, 5) is 2.32. The molecule has 0 heterocycles. The van der Waals surface area contributed by atoms with Gasteiger partial charge in [-0.25, -0.2) is 0 Å². The van der Waals surface area contributed by atoms with E-state index >= 15 is 0 Å². The third-order valence-electron chi connectivity index (χ3n) is 3.49. The van der Waals surface area contributed by atoms with Crippen molar-refractivity contribution in [1.82, 2.24) is 10.2 Å². The Balaban J connectivity index is 2.97. The van der Waals surface area contributed by atoms with Crippen LogP contribution in [0.4, 0.5) is 0 Å². The van der Waals surface area contributed by atoms with E-state index in [1.165, 1.54) is 22.3 Å². The molecule has 1 aromatic rings. The molecule has 0 fully saturated rings. The van der Waals surface area contributed by atoms with Gasteiger partial charge in [0.15, 0.2) is 0 Å². The van der Waals surface area contributed by atoms with Crippen LogP contribution in [-0.4, -0.2) is 39.2 Å². The molecule has 0 saturated heterocycles. The molecule has 1 rings (SSSR count). The van der Waals surface area contributed by atoms with Gasteiger partial charge >= 0.3 is 0 Å². The molecule has 0 bridgehead atoms. The van der Waals surface area contributed by atoms with Gasteiger partial charge in [0, 0.05) is 25.2 Å². The molecule has 18 heavy (non-hydrogen) atoms. The fourth-order valence-electron chi connectivity index (χ4n) is 2.23. The molecule has 0 aliphatic rings. The molecular formula is C15H26N2O. The Hall–Kier alpha value is -1.06. The van der Waals surface area contributed by atoms with Crippen LogP contribution in [0.5, 0.6) is 5.75 Å². The summed E-state index contributed by atoms with van der Waals surface area (Å²) in [6.07, 6.45) is 0. The summed E-state index contributed by atoms with van der Waals surface area (Å²) in [5.41, 5.74) is 5.16. The van der Waals surface area contributed by atoms with Crippen LogP contribution in [0, 0.1) is 20.8 Å². The van der Waals surface area contributed by atoms with Crippen molar-refractivity contribution in [2.45, 2.75) is 27.3 Å². The summed E-state index contributed by atoms with van der Waals surface area (Å²) in [7, 11) is 5.89. The molecule has 0 saturated carbocycles. The minimum absolute atomic E-state index is 0.928. The van der Waals surface area contributed by atoms with E-state index in [0.29, 0.717) is 0 Å². The first-order valence-electron chi connectivity index (χ1n) is 6.48. The van der Waals surface area contributed by atoms with Gasteiger partial charge in [0.1, 0.15) is 5.75 Å². The molecule has 1 aromatic carbocycles. The van der Waals surface area contributed by atoms with Crippen LogP contribution >= 0.6 is 0 Å². The number of methoxy groups -OCH3 is 1. The highest BCUT2D eigenvalue weighted by Crippen LogP contribution is 2.30. The molecule has 0 aliphatic carbocycles. The second-order valence-corrected chi connectivity index (χ2v) is 4.99. The molecule has 0 aliphatic heterocycles. The largest absolute Gasteiger partial charge is 0.496 e. The van der Waals surface area contributed by atoms with Crippen molar-refractivity contribution in [2.24, 2.45) is 0 Å². The molecule has 3 nitrogen and oxygen atoms in total. The number of nitrogens with one attached hydrogen (secondary N) is 1. The SMILES string of the molecule is CNCCN(C)Cc1c(C)cc(C)c(C)c1OC. The zero-order valence-electron chi connectivity index (χ0n) is 12.6. The average Bonchev–Trinajstić information content (AvgIpc) is 2.34. The molecule has 0 spiro atoms. The van der Waals surface area contributed by atoms with E-state index in [0.717, 1.165) is 25.4 Å². The molecule has 0 atom stereocenters. The smallest absolute Gasteiger partial charge is 0.126 e. The van der Waals surface area contributed by atoms with Gasteiger partial charge in [0.2, 0.25) is 0 Å². The first-order chi connectivity index (χ1) is 8.51. The molecular weight excluding hydrogens is 224 g/mol. The maximum absolute atomic E-state index is 5.60. The fourth-order valence-corrected chi connectivity index (χ4v) is 2.23. The lowest BCUT2D eigenvalue weighted by atomic mass is 9.98. The summed E-state index contributed by atoms with van der Waals surface area (Å²) in [6.45, 7) is 9.40. The average molecular weight is 250 g/mol. The summed E-state index contributed by atoms with van der Waals surface area (Å²) < 4.78 is 5.60. The number of hydrogen-bond acceptors (Lipinski definition) is 3. The van der Waals surface area contributed by atoms with Crippen LogP contribution in [0.2, 0.25) is 0 Å². The lowest BCUT2D eigenvalue weighted by Crippen LogP contribution is -2.27. The van der Waals surface area contributed by atoms with Gasteiger partial charge < -0.3 is 15.0 Å². The minimum atomic E-state index is 0.928. The van der Waals surface area contributed by atoms with Crippen molar-refractivity contribution in [3.05, 3.63) is 28.3 Å². The van der Waals surface area contributed by atoms with Crippen molar-refractivity contribution in [2.75, 3.05) is 34.3 Å². The van der Waals surface area contributed by atoms with Crippen LogP contribution in [0.15, 0.2) is 6.07 Å². The molecule has 3 heteroatoms. The molecule has 102 valence electrons. The van der Waals surface area contributed by atoms with Gasteiger partial charge in [-0.1, -0.05) is 6.07 Å². The number of rotatable bonds is 6. The molecule has 0 amide bonds. The first-order valence-corrected chi connectivity index (χ1v) is 6.48. The van der Waals surface area contributed by atoms with Gasteiger partial charge in [-0.2, -0.15) is 0 Å². The van der Waals surface area contributed by atoms with Gasteiger partial charge in [-0.15, -0.1) is 0 Å².